The number of carbonyl (C=O) groups excluding carboxylic acids is 1. The summed E-state index contributed by atoms with van der Waals surface area (Å²) < 4.78 is 58.2. The maximum atomic E-state index is 14.5. The van der Waals surface area contributed by atoms with Gasteiger partial charge in [0, 0.05) is 6.07 Å². The fourth-order valence-corrected chi connectivity index (χ4v) is 3.44. The first kappa shape index (κ1) is 22.6. The average molecular weight is 439 g/mol. The molecule has 1 amide bonds. The second-order valence-corrected chi connectivity index (χ2v) is 7.47. The van der Waals surface area contributed by atoms with Crippen LogP contribution in [-0.4, -0.2) is 29.6 Å². The first-order valence-corrected chi connectivity index (χ1v) is 9.73. The summed E-state index contributed by atoms with van der Waals surface area (Å²) in [6.07, 6.45) is -3.96. The van der Waals surface area contributed by atoms with Crippen LogP contribution < -0.4 is 10.1 Å². The Morgan fingerprint density at radius 3 is 2.52 bits per heavy atom. The highest BCUT2D eigenvalue weighted by atomic mass is 19.4. The van der Waals surface area contributed by atoms with Crippen LogP contribution in [0.2, 0.25) is 0 Å². The molecule has 1 aliphatic heterocycles. The number of aliphatic carboxylic acids is 1. The molecule has 0 radical (unpaired) electrons. The van der Waals surface area contributed by atoms with Gasteiger partial charge in [-0.15, -0.1) is 0 Å². The second kappa shape index (κ2) is 8.95. The van der Waals surface area contributed by atoms with Crippen LogP contribution in [-0.2, 0) is 23.8 Å². The predicted octanol–water partition coefficient (Wildman–Crippen LogP) is 4.23. The molecule has 0 aromatic heterocycles. The van der Waals surface area contributed by atoms with Gasteiger partial charge in [-0.3, -0.25) is 9.59 Å². The van der Waals surface area contributed by atoms with Gasteiger partial charge < -0.3 is 15.2 Å². The minimum Gasteiger partial charge on any atom is -0.490 e. The average Bonchev–Trinajstić information content (AvgIpc) is 2.84. The predicted molar refractivity (Wildman–Crippen MR) is 103 cm³/mol. The SMILES string of the molecule is CC[C@@H](Cc1cc2c(cc1F)OCC(Cc1ccc(C(F)(F)F)cc1)NC2=O)C(=O)O. The number of halogens is 4. The Balaban J connectivity index is 1.75. The molecule has 9 heteroatoms. The van der Waals surface area contributed by atoms with Crippen LogP contribution in [0.4, 0.5) is 17.6 Å². The maximum Gasteiger partial charge on any atom is 0.416 e. The third-order valence-corrected chi connectivity index (χ3v) is 5.24. The van der Waals surface area contributed by atoms with Gasteiger partial charge in [-0.05, 0) is 48.6 Å². The van der Waals surface area contributed by atoms with E-state index in [1.807, 2.05) is 0 Å². The summed E-state index contributed by atoms with van der Waals surface area (Å²) in [4.78, 5) is 23.9. The smallest absolute Gasteiger partial charge is 0.416 e. The zero-order chi connectivity index (χ0) is 22.8. The molecule has 0 aliphatic carbocycles. The number of alkyl halides is 3. The van der Waals surface area contributed by atoms with E-state index in [-0.39, 0.29) is 36.3 Å². The summed E-state index contributed by atoms with van der Waals surface area (Å²) in [5.74, 6) is -2.97. The largest absolute Gasteiger partial charge is 0.490 e. The number of carboxylic acid groups (broad SMARTS) is 1. The molecule has 1 unspecified atom stereocenters. The molecular formula is C22H21F4NO4. The number of fused-ring (bicyclic) bond motifs is 1. The van der Waals surface area contributed by atoms with Crippen LogP contribution in [0.5, 0.6) is 5.75 Å². The van der Waals surface area contributed by atoms with Gasteiger partial charge in [0.25, 0.3) is 5.91 Å². The Kier molecular flexibility index (Phi) is 6.52. The third-order valence-electron chi connectivity index (χ3n) is 5.24. The molecule has 2 aromatic rings. The van der Waals surface area contributed by atoms with E-state index in [0.29, 0.717) is 12.0 Å². The minimum absolute atomic E-state index is 0.00522. The van der Waals surface area contributed by atoms with Gasteiger partial charge in [0.15, 0.2) is 0 Å². The zero-order valence-corrected chi connectivity index (χ0v) is 16.6. The normalized spacial score (nSPS) is 17.2. The first-order chi connectivity index (χ1) is 14.6. The van der Waals surface area contributed by atoms with Crippen molar-refractivity contribution in [3.8, 4) is 5.75 Å². The minimum atomic E-state index is -4.43. The summed E-state index contributed by atoms with van der Waals surface area (Å²) in [6.45, 7) is 1.69. The van der Waals surface area contributed by atoms with Crippen molar-refractivity contribution in [3.05, 3.63) is 64.5 Å². The van der Waals surface area contributed by atoms with E-state index < -0.39 is 41.4 Å². The topological polar surface area (TPSA) is 75.6 Å². The number of rotatable bonds is 6. The summed E-state index contributed by atoms with van der Waals surface area (Å²) in [7, 11) is 0. The van der Waals surface area contributed by atoms with Crippen molar-refractivity contribution < 1.29 is 37.0 Å². The quantitative estimate of drug-likeness (QED) is 0.661. The standard InChI is InChI=1S/C22H21F4NO4/c1-2-13(21(29)30)8-14-9-17-19(10-18(14)23)31-11-16(27-20(17)28)7-12-3-5-15(6-4-12)22(24,25)26/h3-6,9-10,13,16H,2,7-8,11H2,1H3,(H,27,28)(H,29,30)/t13-,16?/m0/s1. The van der Waals surface area contributed by atoms with Crippen LogP contribution in [0.1, 0.15) is 40.4 Å². The van der Waals surface area contributed by atoms with Gasteiger partial charge in [-0.25, -0.2) is 4.39 Å². The first-order valence-electron chi connectivity index (χ1n) is 9.73. The molecule has 2 aromatic carbocycles. The Morgan fingerprint density at radius 1 is 1.26 bits per heavy atom. The van der Waals surface area contributed by atoms with Crippen molar-refractivity contribution in [2.45, 2.75) is 38.4 Å². The van der Waals surface area contributed by atoms with Gasteiger partial charge in [-0.2, -0.15) is 13.2 Å². The Morgan fingerprint density at radius 2 is 1.94 bits per heavy atom. The van der Waals surface area contributed by atoms with E-state index in [2.05, 4.69) is 5.32 Å². The summed E-state index contributed by atoms with van der Waals surface area (Å²) >= 11 is 0. The molecule has 0 saturated carbocycles. The summed E-state index contributed by atoms with van der Waals surface area (Å²) in [6, 6.07) is 6.44. The van der Waals surface area contributed by atoms with Gasteiger partial charge in [0.05, 0.1) is 23.1 Å². The molecule has 1 heterocycles. The monoisotopic (exact) mass is 439 g/mol. The lowest BCUT2D eigenvalue weighted by Gasteiger charge is -2.16. The number of carbonyl (C=O) groups is 2. The molecule has 2 atom stereocenters. The number of hydrogen-bond acceptors (Lipinski definition) is 3. The van der Waals surface area contributed by atoms with Gasteiger partial charge in [0.2, 0.25) is 0 Å². The number of benzene rings is 2. The zero-order valence-electron chi connectivity index (χ0n) is 16.6. The van der Waals surface area contributed by atoms with E-state index in [4.69, 9.17) is 4.74 Å². The molecule has 2 N–H and O–H groups in total. The number of carboxylic acids is 1. The number of hydrogen-bond donors (Lipinski definition) is 2. The van der Waals surface area contributed by atoms with Crippen molar-refractivity contribution in [2.24, 2.45) is 5.92 Å². The number of ether oxygens (including phenoxy) is 1. The lowest BCUT2D eigenvalue weighted by atomic mass is 9.95. The highest BCUT2D eigenvalue weighted by Gasteiger charge is 2.30. The van der Waals surface area contributed by atoms with Gasteiger partial charge >= 0.3 is 12.1 Å². The Bertz CT molecular complexity index is 973. The fourth-order valence-electron chi connectivity index (χ4n) is 3.44. The van der Waals surface area contributed by atoms with Crippen molar-refractivity contribution in [3.63, 3.8) is 0 Å². The molecule has 3 rings (SSSR count). The van der Waals surface area contributed by atoms with Crippen molar-refractivity contribution in [1.29, 1.82) is 0 Å². The van der Waals surface area contributed by atoms with Crippen molar-refractivity contribution in [2.75, 3.05) is 6.61 Å². The van der Waals surface area contributed by atoms with Crippen LogP contribution in [0.15, 0.2) is 36.4 Å². The highest BCUT2D eigenvalue weighted by Crippen LogP contribution is 2.30. The molecular weight excluding hydrogens is 418 g/mol. The van der Waals surface area contributed by atoms with Crippen molar-refractivity contribution >= 4 is 11.9 Å². The Labute approximate surface area is 176 Å². The molecule has 0 bridgehead atoms. The molecule has 1 aliphatic rings. The lowest BCUT2D eigenvalue weighted by molar-refractivity contribution is -0.142. The van der Waals surface area contributed by atoms with E-state index >= 15 is 0 Å². The summed E-state index contributed by atoms with van der Waals surface area (Å²) in [5.41, 5.74) is 0.00558. The molecule has 166 valence electrons. The van der Waals surface area contributed by atoms with E-state index in [0.717, 1.165) is 18.2 Å². The Hall–Kier alpha value is -3.10. The van der Waals surface area contributed by atoms with Gasteiger partial charge in [0.1, 0.15) is 18.2 Å². The number of amides is 1. The van der Waals surface area contributed by atoms with Crippen LogP contribution in [0.3, 0.4) is 0 Å². The van der Waals surface area contributed by atoms with Crippen LogP contribution >= 0.6 is 0 Å². The molecule has 5 nitrogen and oxygen atoms in total. The maximum absolute atomic E-state index is 14.5. The molecule has 0 fully saturated rings. The van der Waals surface area contributed by atoms with E-state index in [9.17, 15) is 32.3 Å². The summed E-state index contributed by atoms with van der Waals surface area (Å²) in [5, 5.41) is 11.9. The molecule has 0 saturated heterocycles. The van der Waals surface area contributed by atoms with E-state index in [1.165, 1.54) is 18.2 Å². The van der Waals surface area contributed by atoms with Crippen molar-refractivity contribution in [1.82, 2.24) is 5.32 Å². The fraction of sp³-hybridized carbons (Fsp3) is 0.364. The molecule has 0 spiro atoms. The lowest BCUT2D eigenvalue weighted by Crippen LogP contribution is -2.38. The van der Waals surface area contributed by atoms with Crippen LogP contribution in [0, 0.1) is 11.7 Å². The van der Waals surface area contributed by atoms with E-state index in [1.54, 1.807) is 6.92 Å². The van der Waals surface area contributed by atoms with Gasteiger partial charge in [-0.1, -0.05) is 19.1 Å². The van der Waals surface area contributed by atoms with Crippen LogP contribution in [0.25, 0.3) is 0 Å². The second-order valence-electron chi connectivity index (χ2n) is 7.47. The molecule has 31 heavy (non-hydrogen) atoms. The highest BCUT2D eigenvalue weighted by molar-refractivity contribution is 5.97. The third kappa shape index (κ3) is 5.34. The number of nitrogens with one attached hydrogen (secondary N) is 1.